The Hall–Kier alpha value is -1.76. The second-order valence-corrected chi connectivity index (χ2v) is 3.60. The number of rotatable bonds is 1. The Kier molecular flexibility index (Phi) is 2.70. The zero-order chi connectivity index (χ0) is 12.6. The van der Waals surface area contributed by atoms with E-state index in [-0.39, 0.29) is 5.69 Å². The molecule has 0 radical (unpaired) electrons. The van der Waals surface area contributed by atoms with Gasteiger partial charge in [0.05, 0.1) is 5.69 Å². The van der Waals surface area contributed by atoms with Crippen LogP contribution in [0.2, 0.25) is 5.02 Å². The Morgan fingerprint density at radius 3 is 2.35 bits per heavy atom. The number of alkyl halides is 3. The largest absolute Gasteiger partial charge is 0.452 e. The first-order chi connectivity index (χ1) is 7.89. The fourth-order valence-corrected chi connectivity index (χ4v) is 1.44. The van der Waals surface area contributed by atoms with E-state index in [2.05, 4.69) is 5.10 Å². The molecule has 0 aliphatic rings. The summed E-state index contributed by atoms with van der Waals surface area (Å²) in [6, 6.07) is 5.37. The third-order valence-electron chi connectivity index (χ3n) is 2.01. The van der Waals surface area contributed by atoms with E-state index in [1.54, 1.807) is 5.10 Å². The lowest BCUT2D eigenvalue weighted by molar-refractivity contribution is -0.146. The van der Waals surface area contributed by atoms with Gasteiger partial charge < -0.3 is 0 Å². The summed E-state index contributed by atoms with van der Waals surface area (Å²) >= 11 is 5.61. The maximum absolute atomic E-state index is 12.6. The normalized spacial score (nSPS) is 11.8. The Morgan fingerprint density at radius 2 is 1.82 bits per heavy atom. The third-order valence-corrected chi connectivity index (χ3v) is 2.26. The van der Waals surface area contributed by atoms with Gasteiger partial charge in [-0.05, 0) is 24.3 Å². The number of nitrogens with zero attached hydrogens (tertiary/aromatic N) is 2. The number of aromatic amines is 1. The summed E-state index contributed by atoms with van der Waals surface area (Å²) in [6.45, 7) is 0. The van der Waals surface area contributed by atoms with E-state index >= 15 is 0 Å². The number of nitrogens with one attached hydrogen (secondary N) is 1. The Balaban J connectivity index is 2.63. The first kappa shape index (κ1) is 11.7. The first-order valence-electron chi connectivity index (χ1n) is 4.40. The average molecular weight is 264 g/mol. The topological polar surface area (TPSA) is 50.7 Å². The van der Waals surface area contributed by atoms with Crippen molar-refractivity contribution in [2.24, 2.45) is 0 Å². The van der Waals surface area contributed by atoms with Crippen molar-refractivity contribution in [1.29, 1.82) is 0 Å². The predicted octanol–water partition coefficient (Wildman–Crippen LogP) is 2.23. The third kappa shape index (κ3) is 2.19. The van der Waals surface area contributed by atoms with Crippen LogP contribution in [-0.4, -0.2) is 14.8 Å². The Bertz CT molecular complexity index is 585. The van der Waals surface area contributed by atoms with E-state index in [4.69, 9.17) is 11.6 Å². The van der Waals surface area contributed by atoms with Crippen molar-refractivity contribution >= 4 is 11.6 Å². The predicted molar refractivity (Wildman–Crippen MR) is 54.2 cm³/mol. The molecular formula is C9H5ClF3N3O. The van der Waals surface area contributed by atoms with Gasteiger partial charge in [0.15, 0.2) is 0 Å². The molecule has 0 bridgehead atoms. The van der Waals surface area contributed by atoms with Crippen molar-refractivity contribution in [2.75, 3.05) is 0 Å². The molecule has 0 fully saturated rings. The monoisotopic (exact) mass is 263 g/mol. The number of hydrogen-bond acceptors (Lipinski definition) is 2. The van der Waals surface area contributed by atoms with Crippen LogP contribution in [0.4, 0.5) is 13.2 Å². The lowest BCUT2D eigenvalue weighted by Crippen LogP contribution is -2.21. The van der Waals surface area contributed by atoms with Crippen LogP contribution in [0.5, 0.6) is 0 Å². The summed E-state index contributed by atoms with van der Waals surface area (Å²) in [5, 5.41) is 5.07. The highest BCUT2D eigenvalue weighted by molar-refractivity contribution is 6.30. The highest BCUT2D eigenvalue weighted by atomic mass is 35.5. The molecule has 0 aliphatic carbocycles. The van der Waals surface area contributed by atoms with Gasteiger partial charge in [0.1, 0.15) is 0 Å². The van der Waals surface area contributed by atoms with Gasteiger partial charge in [-0.1, -0.05) is 11.6 Å². The van der Waals surface area contributed by atoms with Gasteiger partial charge >= 0.3 is 11.9 Å². The Labute approximate surface area is 97.6 Å². The Morgan fingerprint density at radius 1 is 1.24 bits per heavy atom. The van der Waals surface area contributed by atoms with Crippen LogP contribution in [0.3, 0.4) is 0 Å². The van der Waals surface area contributed by atoms with Crippen LogP contribution in [0.15, 0.2) is 29.1 Å². The van der Waals surface area contributed by atoms with E-state index in [0.29, 0.717) is 9.59 Å². The molecule has 90 valence electrons. The van der Waals surface area contributed by atoms with Crippen molar-refractivity contribution < 1.29 is 13.2 Å². The van der Waals surface area contributed by atoms with Gasteiger partial charge in [-0.25, -0.2) is 14.5 Å². The first-order valence-corrected chi connectivity index (χ1v) is 4.78. The summed E-state index contributed by atoms with van der Waals surface area (Å²) < 4.78 is 38.1. The average Bonchev–Trinajstić information content (AvgIpc) is 2.61. The molecule has 1 aromatic carbocycles. The molecule has 0 aliphatic heterocycles. The van der Waals surface area contributed by atoms with Crippen LogP contribution in [0, 0.1) is 0 Å². The van der Waals surface area contributed by atoms with E-state index in [1.807, 2.05) is 0 Å². The molecule has 1 N–H and O–H groups in total. The fraction of sp³-hybridized carbons (Fsp3) is 0.111. The van der Waals surface area contributed by atoms with Crippen molar-refractivity contribution in [3.8, 4) is 5.69 Å². The number of H-pyrrole nitrogens is 1. The van der Waals surface area contributed by atoms with Crippen LogP contribution >= 0.6 is 11.6 Å². The van der Waals surface area contributed by atoms with E-state index in [0.717, 1.165) is 0 Å². The zero-order valence-electron chi connectivity index (χ0n) is 8.12. The minimum Gasteiger partial charge on any atom is -0.246 e. The van der Waals surface area contributed by atoms with E-state index in [9.17, 15) is 18.0 Å². The van der Waals surface area contributed by atoms with Gasteiger partial charge in [-0.3, -0.25) is 0 Å². The second-order valence-electron chi connectivity index (χ2n) is 3.16. The molecule has 8 heteroatoms. The van der Waals surface area contributed by atoms with Gasteiger partial charge in [-0.2, -0.15) is 13.2 Å². The highest BCUT2D eigenvalue weighted by Crippen LogP contribution is 2.28. The maximum atomic E-state index is 12.6. The smallest absolute Gasteiger partial charge is 0.246 e. The number of hydrogen-bond donors (Lipinski definition) is 1. The standard InChI is InChI=1S/C9H5ClF3N3O/c10-5-1-3-6(4-2-5)16-7(9(11,12)13)14-15-8(16)17/h1-4H,(H,15,17). The summed E-state index contributed by atoms with van der Waals surface area (Å²) in [7, 11) is 0. The summed E-state index contributed by atoms with van der Waals surface area (Å²) in [6.07, 6.45) is -4.71. The molecule has 0 spiro atoms. The molecule has 1 aromatic heterocycles. The minimum atomic E-state index is -4.71. The van der Waals surface area contributed by atoms with Crippen molar-refractivity contribution in [2.45, 2.75) is 6.18 Å². The molecule has 0 saturated carbocycles. The van der Waals surface area contributed by atoms with Gasteiger partial charge in [0.25, 0.3) is 0 Å². The highest BCUT2D eigenvalue weighted by Gasteiger charge is 2.38. The molecule has 0 amide bonds. The summed E-state index contributed by atoms with van der Waals surface area (Å²) in [5.74, 6) is -1.30. The van der Waals surface area contributed by atoms with Gasteiger partial charge in [-0.15, -0.1) is 5.10 Å². The number of benzene rings is 1. The zero-order valence-corrected chi connectivity index (χ0v) is 8.88. The lowest BCUT2D eigenvalue weighted by atomic mass is 10.3. The van der Waals surface area contributed by atoms with Gasteiger partial charge in [0, 0.05) is 5.02 Å². The number of halogens is 4. The fourth-order valence-electron chi connectivity index (χ4n) is 1.32. The SMILES string of the molecule is O=c1[nH]nc(C(F)(F)F)n1-c1ccc(Cl)cc1. The van der Waals surface area contributed by atoms with Gasteiger partial charge in [0.2, 0.25) is 5.82 Å². The molecule has 0 unspecified atom stereocenters. The molecular weight excluding hydrogens is 259 g/mol. The van der Waals surface area contributed by atoms with E-state index < -0.39 is 17.7 Å². The maximum Gasteiger partial charge on any atom is 0.452 e. The van der Waals surface area contributed by atoms with Crippen molar-refractivity contribution in [3.63, 3.8) is 0 Å². The van der Waals surface area contributed by atoms with Crippen LogP contribution in [0.25, 0.3) is 5.69 Å². The lowest BCUT2D eigenvalue weighted by Gasteiger charge is -2.07. The minimum absolute atomic E-state index is 0.0421. The van der Waals surface area contributed by atoms with Crippen LogP contribution < -0.4 is 5.69 Å². The van der Waals surface area contributed by atoms with Crippen LogP contribution in [0.1, 0.15) is 5.82 Å². The molecule has 2 rings (SSSR count). The molecule has 0 saturated heterocycles. The summed E-state index contributed by atoms with van der Waals surface area (Å²) in [4.78, 5) is 11.3. The molecule has 0 atom stereocenters. The van der Waals surface area contributed by atoms with Crippen molar-refractivity contribution in [3.05, 3.63) is 45.6 Å². The summed E-state index contributed by atoms with van der Waals surface area (Å²) in [5.41, 5.74) is -0.917. The molecule has 4 nitrogen and oxygen atoms in total. The van der Waals surface area contributed by atoms with Crippen LogP contribution in [-0.2, 0) is 6.18 Å². The van der Waals surface area contributed by atoms with Crippen molar-refractivity contribution in [1.82, 2.24) is 14.8 Å². The molecule has 1 heterocycles. The number of aromatic nitrogens is 3. The molecule has 17 heavy (non-hydrogen) atoms. The van der Waals surface area contributed by atoms with E-state index in [1.165, 1.54) is 24.3 Å². The molecule has 2 aromatic rings. The quantitative estimate of drug-likeness (QED) is 0.858. The second kappa shape index (κ2) is 3.92.